The van der Waals surface area contributed by atoms with E-state index < -0.39 is 5.97 Å². The third-order valence-corrected chi connectivity index (χ3v) is 4.54. The zero-order valence-electron chi connectivity index (χ0n) is 14.4. The summed E-state index contributed by atoms with van der Waals surface area (Å²) in [6.45, 7) is 6.02. The number of amides is 2. The predicted octanol–water partition coefficient (Wildman–Crippen LogP) is 2.27. The van der Waals surface area contributed by atoms with Gasteiger partial charge in [0.05, 0.1) is 0 Å². The van der Waals surface area contributed by atoms with Crippen LogP contribution in [-0.4, -0.2) is 58.4 Å². The number of aliphatic carboxylic acids is 1. The van der Waals surface area contributed by atoms with Crippen LogP contribution in [0, 0.1) is 0 Å². The smallest absolute Gasteiger partial charge is 0.303 e. The SMILES string of the molecule is CCN(CC)C(=O)CCCC(=O)N1CCCCC1CCC(=O)O. The van der Waals surface area contributed by atoms with Gasteiger partial charge in [-0.2, -0.15) is 0 Å². The monoisotopic (exact) mass is 326 g/mol. The van der Waals surface area contributed by atoms with E-state index in [1.807, 2.05) is 18.7 Å². The summed E-state index contributed by atoms with van der Waals surface area (Å²) in [5, 5.41) is 8.82. The molecule has 23 heavy (non-hydrogen) atoms. The van der Waals surface area contributed by atoms with E-state index in [1.165, 1.54) is 0 Å². The highest BCUT2D eigenvalue weighted by atomic mass is 16.4. The maximum Gasteiger partial charge on any atom is 0.303 e. The van der Waals surface area contributed by atoms with Crippen molar-refractivity contribution in [3.05, 3.63) is 0 Å². The van der Waals surface area contributed by atoms with E-state index in [4.69, 9.17) is 5.11 Å². The Morgan fingerprint density at radius 3 is 2.39 bits per heavy atom. The summed E-state index contributed by atoms with van der Waals surface area (Å²) in [5.41, 5.74) is 0. The first-order chi connectivity index (χ1) is 11.0. The highest BCUT2D eigenvalue weighted by Gasteiger charge is 2.26. The molecular weight excluding hydrogens is 296 g/mol. The number of hydrogen-bond donors (Lipinski definition) is 1. The molecule has 0 bridgehead atoms. The fraction of sp³-hybridized carbons (Fsp3) is 0.824. The molecule has 0 aliphatic carbocycles. The third kappa shape index (κ3) is 6.59. The molecule has 1 rings (SSSR count). The normalized spacial score (nSPS) is 17.8. The van der Waals surface area contributed by atoms with Crippen molar-refractivity contribution in [1.82, 2.24) is 9.80 Å². The van der Waals surface area contributed by atoms with Crippen molar-refractivity contribution in [2.45, 2.75) is 71.3 Å². The molecule has 1 saturated heterocycles. The highest BCUT2D eigenvalue weighted by molar-refractivity contribution is 5.79. The Labute approximate surface area is 138 Å². The van der Waals surface area contributed by atoms with Crippen LogP contribution in [-0.2, 0) is 14.4 Å². The molecule has 132 valence electrons. The van der Waals surface area contributed by atoms with E-state index >= 15 is 0 Å². The number of carbonyl (C=O) groups excluding carboxylic acids is 2. The van der Waals surface area contributed by atoms with Gasteiger partial charge in [-0.25, -0.2) is 0 Å². The van der Waals surface area contributed by atoms with Gasteiger partial charge < -0.3 is 14.9 Å². The Morgan fingerprint density at radius 2 is 1.78 bits per heavy atom. The van der Waals surface area contributed by atoms with Crippen LogP contribution in [0.5, 0.6) is 0 Å². The average Bonchev–Trinajstić information content (AvgIpc) is 2.54. The van der Waals surface area contributed by atoms with Gasteiger partial charge in [-0.3, -0.25) is 14.4 Å². The van der Waals surface area contributed by atoms with E-state index in [0.29, 0.717) is 45.3 Å². The van der Waals surface area contributed by atoms with Gasteiger partial charge in [0.25, 0.3) is 0 Å². The Morgan fingerprint density at radius 1 is 1.09 bits per heavy atom. The minimum absolute atomic E-state index is 0.0471. The van der Waals surface area contributed by atoms with Crippen LogP contribution in [0.2, 0.25) is 0 Å². The number of likely N-dealkylation sites (tertiary alicyclic amines) is 1. The number of nitrogens with zero attached hydrogens (tertiary/aromatic N) is 2. The molecule has 1 atom stereocenters. The first-order valence-electron chi connectivity index (χ1n) is 8.78. The van der Waals surface area contributed by atoms with Gasteiger partial charge in [0.1, 0.15) is 0 Å². The molecule has 0 aromatic carbocycles. The van der Waals surface area contributed by atoms with Crippen LogP contribution in [0.3, 0.4) is 0 Å². The lowest BCUT2D eigenvalue weighted by Crippen LogP contribution is -2.44. The van der Waals surface area contributed by atoms with E-state index in [9.17, 15) is 14.4 Å². The summed E-state index contributed by atoms with van der Waals surface area (Å²) >= 11 is 0. The van der Waals surface area contributed by atoms with Crippen molar-refractivity contribution in [3.8, 4) is 0 Å². The molecule has 2 amide bonds. The van der Waals surface area contributed by atoms with Crippen molar-refractivity contribution in [3.63, 3.8) is 0 Å². The maximum absolute atomic E-state index is 12.4. The van der Waals surface area contributed by atoms with Gasteiger partial charge in [-0.05, 0) is 46.0 Å². The van der Waals surface area contributed by atoms with Crippen LogP contribution in [0.15, 0.2) is 0 Å². The Balaban J connectivity index is 2.41. The van der Waals surface area contributed by atoms with Gasteiger partial charge in [0.2, 0.25) is 11.8 Å². The number of hydrogen-bond acceptors (Lipinski definition) is 3. The second-order valence-corrected chi connectivity index (χ2v) is 6.09. The molecule has 1 aliphatic heterocycles. The molecule has 1 heterocycles. The number of carboxylic acid groups (broad SMARTS) is 1. The summed E-state index contributed by atoms with van der Waals surface area (Å²) in [4.78, 5) is 38.7. The number of carboxylic acids is 1. The van der Waals surface area contributed by atoms with E-state index in [2.05, 4.69) is 0 Å². The van der Waals surface area contributed by atoms with E-state index in [-0.39, 0.29) is 24.3 Å². The van der Waals surface area contributed by atoms with Crippen LogP contribution < -0.4 is 0 Å². The van der Waals surface area contributed by atoms with Crippen LogP contribution in [0.4, 0.5) is 0 Å². The minimum atomic E-state index is -0.812. The molecule has 0 aromatic heterocycles. The second kappa shape index (κ2) is 10.2. The van der Waals surface area contributed by atoms with E-state index in [1.54, 1.807) is 4.90 Å². The molecule has 1 unspecified atom stereocenters. The summed E-state index contributed by atoms with van der Waals surface area (Å²) in [5.74, 6) is -0.649. The molecule has 0 saturated carbocycles. The van der Waals surface area contributed by atoms with Gasteiger partial charge in [0.15, 0.2) is 0 Å². The largest absolute Gasteiger partial charge is 0.481 e. The molecule has 0 aromatic rings. The van der Waals surface area contributed by atoms with Crippen LogP contribution >= 0.6 is 0 Å². The van der Waals surface area contributed by atoms with Crippen LogP contribution in [0.1, 0.15) is 65.2 Å². The van der Waals surface area contributed by atoms with Gasteiger partial charge in [-0.15, -0.1) is 0 Å². The van der Waals surface area contributed by atoms with Gasteiger partial charge in [0, 0.05) is 44.9 Å². The zero-order chi connectivity index (χ0) is 17.2. The molecule has 6 heteroatoms. The van der Waals surface area contributed by atoms with Gasteiger partial charge in [-0.1, -0.05) is 0 Å². The summed E-state index contributed by atoms with van der Waals surface area (Å²) in [6.07, 6.45) is 4.89. The molecule has 0 spiro atoms. The summed E-state index contributed by atoms with van der Waals surface area (Å²) < 4.78 is 0. The Bertz CT molecular complexity index is 407. The summed E-state index contributed by atoms with van der Waals surface area (Å²) in [6, 6.07) is 0.0471. The first-order valence-corrected chi connectivity index (χ1v) is 8.78. The summed E-state index contributed by atoms with van der Waals surface area (Å²) in [7, 11) is 0. The van der Waals surface area contributed by atoms with E-state index in [0.717, 1.165) is 19.3 Å². The Kier molecular flexibility index (Phi) is 8.66. The molecular formula is C17H30N2O4. The zero-order valence-corrected chi connectivity index (χ0v) is 14.4. The molecule has 6 nitrogen and oxygen atoms in total. The molecule has 1 fully saturated rings. The molecule has 1 aliphatic rings. The lowest BCUT2D eigenvalue weighted by molar-refractivity contribution is -0.140. The van der Waals surface area contributed by atoms with Crippen molar-refractivity contribution in [1.29, 1.82) is 0 Å². The minimum Gasteiger partial charge on any atom is -0.481 e. The lowest BCUT2D eigenvalue weighted by atomic mass is 9.97. The number of piperidine rings is 1. The fourth-order valence-corrected chi connectivity index (χ4v) is 3.19. The standard InChI is InChI=1S/C17H30N2O4/c1-3-18(4-2)15(20)9-7-10-16(21)19-13-6-5-8-14(19)11-12-17(22)23/h14H,3-13H2,1-2H3,(H,22,23). The third-order valence-electron chi connectivity index (χ3n) is 4.54. The van der Waals surface area contributed by atoms with Crippen molar-refractivity contribution in [2.75, 3.05) is 19.6 Å². The lowest BCUT2D eigenvalue weighted by Gasteiger charge is -2.36. The molecule has 1 N–H and O–H groups in total. The highest BCUT2D eigenvalue weighted by Crippen LogP contribution is 2.22. The average molecular weight is 326 g/mol. The first kappa shape index (κ1) is 19.5. The van der Waals surface area contributed by atoms with Crippen molar-refractivity contribution in [2.24, 2.45) is 0 Å². The number of carbonyl (C=O) groups is 3. The van der Waals surface area contributed by atoms with Crippen molar-refractivity contribution >= 4 is 17.8 Å². The Hall–Kier alpha value is -1.59. The number of rotatable bonds is 9. The second-order valence-electron chi connectivity index (χ2n) is 6.09. The van der Waals surface area contributed by atoms with Gasteiger partial charge >= 0.3 is 5.97 Å². The fourth-order valence-electron chi connectivity index (χ4n) is 3.19. The molecule has 0 radical (unpaired) electrons. The van der Waals surface area contributed by atoms with Crippen molar-refractivity contribution < 1.29 is 19.5 Å². The quantitative estimate of drug-likeness (QED) is 0.705. The van der Waals surface area contributed by atoms with Crippen LogP contribution in [0.25, 0.3) is 0 Å². The predicted molar refractivity (Wildman–Crippen MR) is 88.0 cm³/mol. The maximum atomic E-state index is 12.4. The topological polar surface area (TPSA) is 77.9 Å².